The Balaban J connectivity index is 1.31. The molecule has 7 heteroatoms. The molecule has 4 rings (SSSR count). The van der Waals surface area contributed by atoms with Gasteiger partial charge >= 0.3 is 0 Å². The normalized spacial score (nSPS) is 23.3. The van der Waals surface area contributed by atoms with Gasteiger partial charge in [-0.15, -0.1) is 0 Å². The molecule has 1 aromatic heterocycles. The summed E-state index contributed by atoms with van der Waals surface area (Å²) in [7, 11) is 0. The van der Waals surface area contributed by atoms with Crippen LogP contribution in [-0.2, 0) is 22.6 Å². The third kappa shape index (κ3) is 6.07. The second kappa shape index (κ2) is 10.9. The molecular formula is C26H34N2O4S. The predicted molar refractivity (Wildman–Crippen MR) is 130 cm³/mol. The summed E-state index contributed by atoms with van der Waals surface area (Å²) in [6.45, 7) is 6.91. The monoisotopic (exact) mass is 470 g/mol. The molecule has 0 spiro atoms. The number of amides is 2. The van der Waals surface area contributed by atoms with Crippen LogP contribution in [-0.4, -0.2) is 27.5 Å². The maximum Gasteiger partial charge on any atom is 0.286 e. The lowest BCUT2D eigenvalue weighted by molar-refractivity contribution is -0.119. The fraction of sp³-hybridized carbons (Fsp3) is 0.577. The average Bonchev–Trinajstić information content (AvgIpc) is 3.38. The van der Waals surface area contributed by atoms with Gasteiger partial charge in [-0.2, -0.15) is 0 Å². The van der Waals surface area contributed by atoms with Crippen molar-refractivity contribution < 1.29 is 18.7 Å². The van der Waals surface area contributed by atoms with Gasteiger partial charge in [-0.05, 0) is 55.2 Å². The van der Waals surface area contributed by atoms with Crippen molar-refractivity contribution in [1.82, 2.24) is 10.3 Å². The van der Waals surface area contributed by atoms with Crippen LogP contribution < -0.4 is 5.32 Å². The first-order valence-electron chi connectivity index (χ1n) is 12.1. The molecule has 3 atom stereocenters. The number of imide groups is 1. The van der Waals surface area contributed by atoms with E-state index in [1.807, 2.05) is 0 Å². The highest BCUT2D eigenvalue weighted by Crippen LogP contribution is 2.33. The number of oxazole rings is 1. The van der Waals surface area contributed by atoms with Crippen molar-refractivity contribution in [2.24, 2.45) is 5.92 Å². The molecule has 2 aromatic rings. The first kappa shape index (κ1) is 24.0. The molecule has 178 valence electrons. The highest BCUT2D eigenvalue weighted by atomic mass is 32.2. The minimum Gasteiger partial charge on any atom is -0.441 e. The Morgan fingerprint density at radius 2 is 1.97 bits per heavy atom. The number of carbonyl (C=O) groups is 2. The predicted octanol–water partition coefficient (Wildman–Crippen LogP) is 6.23. The second-order valence-corrected chi connectivity index (χ2v) is 10.6. The molecule has 2 amide bonds. The topological polar surface area (TPSA) is 81.4 Å². The first-order valence-corrected chi connectivity index (χ1v) is 13.0. The third-order valence-electron chi connectivity index (χ3n) is 6.72. The molecule has 2 aliphatic rings. The van der Waals surface area contributed by atoms with Gasteiger partial charge in [-0.25, -0.2) is 4.98 Å². The molecule has 1 aromatic carbocycles. The van der Waals surface area contributed by atoms with Gasteiger partial charge in [0.25, 0.3) is 5.24 Å². The van der Waals surface area contributed by atoms with Gasteiger partial charge in [0.15, 0.2) is 0 Å². The Morgan fingerprint density at radius 3 is 2.64 bits per heavy atom. The minimum absolute atomic E-state index is 0.138. The molecule has 6 nitrogen and oxygen atoms in total. The zero-order chi connectivity index (χ0) is 23.4. The van der Waals surface area contributed by atoms with E-state index in [0.29, 0.717) is 24.3 Å². The maximum atomic E-state index is 11.8. The summed E-state index contributed by atoms with van der Waals surface area (Å²) in [6, 6.07) is 8.43. The number of ether oxygens (including phenoxy) is 1. The Hall–Kier alpha value is -2.12. The molecule has 0 radical (unpaired) electrons. The molecule has 1 aliphatic heterocycles. The van der Waals surface area contributed by atoms with Crippen molar-refractivity contribution in [3.8, 4) is 11.5 Å². The molecule has 33 heavy (non-hydrogen) atoms. The number of rotatable bonds is 9. The molecule has 1 N–H and O–H groups in total. The fourth-order valence-electron chi connectivity index (χ4n) is 4.73. The van der Waals surface area contributed by atoms with Crippen molar-refractivity contribution in [2.45, 2.75) is 89.6 Å². The van der Waals surface area contributed by atoms with Gasteiger partial charge in [0.1, 0.15) is 11.5 Å². The lowest BCUT2D eigenvalue weighted by Crippen LogP contribution is -2.26. The molecule has 0 bridgehead atoms. The third-order valence-corrected chi connectivity index (χ3v) is 7.77. The SMILES string of the molecule is CCc1oc(-c2ccc(C(C)C)cc2)nc1CO[C@H]1CCC[C@@H](CCC2SC(=O)NC2=O)C1. The molecule has 1 unspecified atom stereocenters. The van der Waals surface area contributed by atoms with Crippen LogP contribution in [0.1, 0.15) is 82.2 Å². The highest BCUT2D eigenvalue weighted by molar-refractivity contribution is 8.15. The molecule has 1 saturated heterocycles. The van der Waals surface area contributed by atoms with Crippen LogP contribution >= 0.6 is 11.8 Å². The van der Waals surface area contributed by atoms with Crippen molar-refractivity contribution in [2.75, 3.05) is 0 Å². The van der Waals surface area contributed by atoms with E-state index < -0.39 is 0 Å². The number of hydrogen-bond acceptors (Lipinski definition) is 6. The van der Waals surface area contributed by atoms with E-state index in [4.69, 9.17) is 14.1 Å². The standard InChI is InChI=1S/C26H34N2O4S/c1-4-22-21(27-25(32-22)19-11-9-18(10-12-19)16(2)3)15-31-20-7-5-6-17(14-20)8-13-23-24(29)28-26(30)33-23/h9-12,16-17,20,23H,4-8,13-15H2,1-3H3,(H,28,29,30)/t17-,20-,23?/m0/s1. The summed E-state index contributed by atoms with van der Waals surface area (Å²) in [5, 5.41) is 1.93. The van der Waals surface area contributed by atoms with Gasteiger partial charge in [0, 0.05) is 12.0 Å². The number of benzene rings is 1. The highest BCUT2D eigenvalue weighted by Gasteiger charge is 2.32. The van der Waals surface area contributed by atoms with Crippen LogP contribution in [0.25, 0.3) is 11.5 Å². The summed E-state index contributed by atoms with van der Waals surface area (Å²) in [5.74, 6) is 2.44. The van der Waals surface area contributed by atoms with Crippen LogP contribution in [0.5, 0.6) is 0 Å². The smallest absolute Gasteiger partial charge is 0.286 e. The van der Waals surface area contributed by atoms with Gasteiger partial charge in [-0.1, -0.05) is 57.5 Å². The van der Waals surface area contributed by atoms with Crippen molar-refractivity contribution in [3.63, 3.8) is 0 Å². The minimum atomic E-state index is -0.228. The van der Waals surface area contributed by atoms with Crippen molar-refractivity contribution in [1.29, 1.82) is 0 Å². The van der Waals surface area contributed by atoms with Gasteiger partial charge in [-0.3, -0.25) is 14.9 Å². The summed E-state index contributed by atoms with van der Waals surface area (Å²) in [4.78, 5) is 27.9. The van der Waals surface area contributed by atoms with E-state index in [9.17, 15) is 9.59 Å². The number of carbonyl (C=O) groups excluding carboxylic acids is 2. The van der Waals surface area contributed by atoms with E-state index in [1.165, 1.54) is 5.56 Å². The zero-order valence-corrected chi connectivity index (χ0v) is 20.6. The van der Waals surface area contributed by atoms with E-state index in [-0.39, 0.29) is 22.5 Å². The summed E-state index contributed by atoms with van der Waals surface area (Å²) in [5.41, 5.74) is 3.18. The number of aromatic nitrogens is 1. The van der Waals surface area contributed by atoms with Gasteiger partial charge < -0.3 is 9.15 Å². The summed E-state index contributed by atoms with van der Waals surface area (Å²) >= 11 is 1.13. The number of nitrogens with zero attached hydrogens (tertiary/aromatic N) is 1. The Morgan fingerprint density at radius 1 is 1.18 bits per heavy atom. The lowest BCUT2D eigenvalue weighted by Gasteiger charge is -2.29. The zero-order valence-electron chi connectivity index (χ0n) is 19.8. The Labute approximate surface area is 200 Å². The quantitative estimate of drug-likeness (QED) is 0.467. The van der Waals surface area contributed by atoms with Crippen LogP contribution in [0.3, 0.4) is 0 Å². The van der Waals surface area contributed by atoms with E-state index in [1.54, 1.807) is 0 Å². The van der Waals surface area contributed by atoms with Crippen molar-refractivity contribution >= 4 is 22.9 Å². The van der Waals surface area contributed by atoms with E-state index >= 15 is 0 Å². The van der Waals surface area contributed by atoms with Crippen molar-refractivity contribution in [3.05, 3.63) is 41.3 Å². The van der Waals surface area contributed by atoms with Crippen LogP contribution in [0, 0.1) is 5.92 Å². The number of hydrogen-bond donors (Lipinski definition) is 1. The molecule has 2 heterocycles. The second-order valence-electron chi connectivity index (χ2n) is 9.45. The van der Waals surface area contributed by atoms with Crippen LogP contribution in [0.15, 0.2) is 28.7 Å². The van der Waals surface area contributed by atoms with Crippen LogP contribution in [0.2, 0.25) is 0 Å². The average molecular weight is 471 g/mol. The Bertz CT molecular complexity index is 969. The fourth-order valence-corrected chi connectivity index (χ4v) is 5.57. The summed E-state index contributed by atoms with van der Waals surface area (Å²) in [6.07, 6.45) is 7.03. The molecular weight excluding hydrogens is 436 g/mol. The van der Waals surface area contributed by atoms with Gasteiger partial charge in [0.05, 0.1) is 18.0 Å². The van der Waals surface area contributed by atoms with E-state index in [0.717, 1.165) is 73.7 Å². The van der Waals surface area contributed by atoms with Crippen LogP contribution in [0.4, 0.5) is 4.79 Å². The largest absolute Gasteiger partial charge is 0.441 e. The summed E-state index contributed by atoms with van der Waals surface area (Å²) < 4.78 is 12.4. The Kier molecular flexibility index (Phi) is 7.91. The number of aryl methyl sites for hydroxylation is 1. The first-order chi connectivity index (χ1) is 15.9. The number of nitrogens with one attached hydrogen (secondary N) is 1. The van der Waals surface area contributed by atoms with Gasteiger partial charge in [0.2, 0.25) is 11.8 Å². The maximum absolute atomic E-state index is 11.8. The molecule has 2 fully saturated rings. The van der Waals surface area contributed by atoms with E-state index in [2.05, 4.69) is 50.4 Å². The molecule has 1 aliphatic carbocycles. The number of thioether (sulfide) groups is 1. The molecule has 1 saturated carbocycles. The lowest BCUT2D eigenvalue weighted by atomic mass is 9.84.